The van der Waals surface area contributed by atoms with Crippen molar-refractivity contribution in [3.8, 4) is 0 Å². The van der Waals surface area contributed by atoms with Gasteiger partial charge < -0.3 is 0 Å². The van der Waals surface area contributed by atoms with Gasteiger partial charge in [0.1, 0.15) is 0 Å². The van der Waals surface area contributed by atoms with Gasteiger partial charge in [-0.15, -0.1) is 0 Å². The van der Waals surface area contributed by atoms with Crippen molar-refractivity contribution < 1.29 is 0 Å². The second-order valence-corrected chi connectivity index (χ2v) is 10.1. The van der Waals surface area contributed by atoms with Crippen molar-refractivity contribution >= 4 is 0 Å². The summed E-state index contributed by atoms with van der Waals surface area (Å²) in [6, 6.07) is 0.0891. The Labute approximate surface area is 197 Å². The number of rotatable bonds is 27. The molecule has 0 aliphatic carbocycles. The van der Waals surface area contributed by atoms with E-state index in [4.69, 9.17) is 0 Å². The molecule has 31 heavy (non-hydrogen) atoms. The lowest BCUT2D eigenvalue weighted by Gasteiger charge is -2.09. The maximum atomic E-state index is 11.1. The molecule has 0 atom stereocenters. The molecular weight excluding hydrogens is 378 g/mol. The van der Waals surface area contributed by atoms with Gasteiger partial charge in [-0.25, -0.2) is 0 Å². The van der Waals surface area contributed by atoms with Gasteiger partial charge in [-0.1, -0.05) is 173 Å². The van der Waals surface area contributed by atoms with Crippen LogP contribution in [0.3, 0.4) is 0 Å². The minimum absolute atomic E-state index is 0.0891. The lowest BCUT2D eigenvalue weighted by Crippen LogP contribution is -2.03. The van der Waals surface area contributed by atoms with E-state index in [0.717, 1.165) is 12.8 Å². The van der Waals surface area contributed by atoms with E-state index < -0.39 is 0 Å². The monoisotopic (exact) mass is 437 g/mol. The zero-order valence-corrected chi connectivity index (χ0v) is 21.8. The van der Waals surface area contributed by atoms with Crippen LogP contribution in [0.1, 0.15) is 181 Å². The molecule has 0 radical (unpaired) electrons. The molecule has 0 saturated heterocycles. The molecular formula is C29H59NO. The van der Waals surface area contributed by atoms with Crippen molar-refractivity contribution in [1.82, 2.24) is 0 Å². The van der Waals surface area contributed by atoms with Crippen LogP contribution in [0, 0.1) is 4.91 Å². The van der Waals surface area contributed by atoms with Crippen LogP contribution in [0.25, 0.3) is 0 Å². The van der Waals surface area contributed by atoms with E-state index in [1.54, 1.807) is 0 Å². The third-order valence-corrected chi connectivity index (χ3v) is 6.93. The van der Waals surface area contributed by atoms with Crippen molar-refractivity contribution in [2.24, 2.45) is 5.18 Å². The average molecular weight is 438 g/mol. The number of hydrogen-bond acceptors (Lipinski definition) is 2. The lowest BCUT2D eigenvalue weighted by atomic mass is 10.00. The highest BCUT2D eigenvalue weighted by molar-refractivity contribution is 4.66. The first-order valence-electron chi connectivity index (χ1n) is 14.7. The number of unbranched alkanes of at least 4 members (excludes halogenated alkanes) is 22. The van der Waals surface area contributed by atoms with Gasteiger partial charge in [-0.05, 0) is 12.8 Å². The summed E-state index contributed by atoms with van der Waals surface area (Å²) in [5.74, 6) is 0. The average Bonchev–Trinajstić information content (AvgIpc) is 2.79. The summed E-state index contributed by atoms with van der Waals surface area (Å²) in [5.41, 5.74) is 0. The lowest BCUT2D eigenvalue weighted by molar-refractivity contribution is 0.477. The maximum absolute atomic E-state index is 11.1. The van der Waals surface area contributed by atoms with Crippen LogP contribution < -0.4 is 0 Å². The Morgan fingerprint density at radius 2 is 0.613 bits per heavy atom. The molecule has 0 aromatic carbocycles. The fourth-order valence-electron chi connectivity index (χ4n) is 4.69. The summed E-state index contributed by atoms with van der Waals surface area (Å²) in [6.07, 6.45) is 35.1. The highest BCUT2D eigenvalue weighted by Gasteiger charge is 2.08. The first-order chi connectivity index (χ1) is 15.3. The smallest absolute Gasteiger partial charge is 0.0919 e. The zero-order valence-electron chi connectivity index (χ0n) is 21.8. The van der Waals surface area contributed by atoms with Crippen LogP contribution in [-0.4, -0.2) is 6.04 Å². The first kappa shape index (κ1) is 30.6. The standard InChI is InChI=1S/C29H59NO/c1-3-5-7-9-11-13-15-17-19-21-23-25-27-29(30-31)28-26-24-22-20-18-16-14-12-10-8-6-4-2/h29H,3-28H2,1-2H3. The van der Waals surface area contributed by atoms with Gasteiger partial charge in [-0.3, -0.25) is 0 Å². The zero-order chi connectivity index (χ0) is 22.7. The van der Waals surface area contributed by atoms with E-state index in [9.17, 15) is 4.91 Å². The summed E-state index contributed by atoms with van der Waals surface area (Å²) in [5, 5.41) is 3.42. The van der Waals surface area contributed by atoms with Crippen molar-refractivity contribution in [1.29, 1.82) is 0 Å². The molecule has 0 amide bonds. The molecule has 0 rings (SSSR count). The maximum Gasteiger partial charge on any atom is 0.0919 e. The number of nitroso groups, excluding NO2 is 1. The quantitative estimate of drug-likeness (QED) is 0.0927. The third kappa shape index (κ3) is 25.7. The van der Waals surface area contributed by atoms with Gasteiger partial charge in [-0.2, -0.15) is 4.91 Å². The third-order valence-electron chi connectivity index (χ3n) is 6.93. The Hall–Kier alpha value is -0.400. The fraction of sp³-hybridized carbons (Fsp3) is 1.00. The second-order valence-electron chi connectivity index (χ2n) is 10.1. The molecule has 0 bridgehead atoms. The molecule has 186 valence electrons. The van der Waals surface area contributed by atoms with Gasteiger partial charge in [0.15, 0.2) is 0 Å². The van der Waals surface area contributed by atoms with E-state index in [2.05, 4.69) is 19.0 Å². The molecule has 0 unspecified atom stereocenters. The van der Waals surface area contributed by atoms with Crippen molar-refractivity contribution in [3.63, 3.8) is 0 Å². The summed E-state index contributed by atoms with van der Waals surface area (Å²) in [7, 11) is 0. The molecule has 0 N–H and O–H groups in total. The summed E-state index contributed by atoms with van der Waals surface area (Å²) in [4.78, 5) is 11.1. The first-order valence-corrected chi connectivity index (χ1v) is 14.7. The van der Waals surface area contributed by atoms with Gasteiger partial charge in [0.05, 0.1) is 6.04 Å². The Kier molecular flexibility index (Phi) is 27.3. The Morgan fingerprint density at radius 1 is 0.387 bits per heavy atom. The molecule has 0 saturated carbocycles. The summed E-state index contributed by atoms with van der Waals surface area (Å²) >= 11 is 0. The van der Waals surface area contributed by atoms with E-state index in [-0.39, 0.29) is 6.04 Å². The Morgan fingerprint density at radius 3 is 0.839 bits per heavy atom. The van der Waals surface area contributed by atoms with Crippen molar-refractivity contribution in [3.05, 3.63) is 4.91 Å². The SMILES string of the molecule is CCCCCCCCCCCCCCC(CCCCCCCCCCCCCC)N=O. The van der Waals surface area contributed by atoms with Crippen LogP contribution in [0.4, 0.5) is 0 Å². The van der Waals surface area contributed by atoms with Crippen LogP contribution in [-0.2, 0) is 0 Å². The van der Waals surface area contributed by atoms with Crippen LogP contribution in [0.2, 0.25) is 0 Å². The molecule has 0 fully saturated rings. The Bertz CT molecular complexity index is 303. The normalized spacial score (nSPS) is 11.5. The van der Waals surface area contributed by atoms with Crippen LogP contribution >= 0.6 is 0 Å². The minimum atomic E-state index is 0.0891. The minimum Gasteiger partial charge on any atom is -0.151 e. The molecule has 0 aromatic rings. The van der Waals surface area contributed by atoms with E-state index >= 15 is 0 Å². The van der Waals surface area contributed by atoms with Gasteiger partial charge in [0, 0.05) is 0 Å². The predicted molar refractivity (Wildman–Crippen MR) is 141 cm³/mol. The topological polar surface area (TPSA) is 29.4 Å². The molecule has 0 heterocycles. The molecule has 0 aliphatic rings. The van der Waals surface area contributed by atoms with E-state index in [1.807, 2.05) is 0 Å². The van der Waals surface area contributed by atoms with Gasteiger partial charge in [0.25, 0.3) is 0 Å². The van der Waals surface area contributed by atoms with Gasteiger partial charge in [0.2, 0.25) is 0 Å². The predicted octanol–water partition coefficient (Wildman–Crippen LogP) is 11.3. The fourth-order valence-corrected chi connectivity index (χ4v) is 4.69. The summed E-state index contributed by atoms with van der Waals surface area (Å²) < 4.78 is 0. The molecule has 2 heteroatoms. The number of nitrogens with zero attached hydrogens (tertiary/aromatic N) is 1. The number of hydrogen-bond donors (Lipinski definition) is 0. The highest BCUT2D eigenvalue weighted by atomic mass is 16.3. The molecule has 0 aromatic heterocycles. The van der Waals surface area contributed by atoms with Crippen LogP contribution in [0.15, 0.2) is 5.18 Å². The van der Waals surface area contributed by atoms with Crippen molar-refractivity contribution in [2.75, 3.05) is 0 Å². The van der Waals surface area contributed by atoms with Gasteiger partial charge >= 0.3 is 0 Å². The molecule has 0 spiro atoms. The molecule has 2 nitrogen and oxygen atoms in total. The summed E-state index contributed by atoms with van der Waals surface area (Å²) in [6.45, 7) is 4.57. The second kappa shape index (κ2) is 27.6. The highest BCUT2D eigenvalue weighted by Crippen LogP contribution is 2.18. The largest absolute Gasteiger partial charge is 0.151 e. The Balaban J connectivity index is 3.27. The van der Waals surface area contributed by atoms with Crippen LogP contribution in [0.5, 0.6) is 0 Å². The van der Waals surface area contributed by atoms with Crippen molar-refractivity contribution in [2.45, 2.75) is 187 Å². The molecule has 0 aliphatic heterocycles. The van der Waals surface area contributed by atoms with E-state index in [0.29, 0.717) is 0 Å². The van der Waals surface area contributed by atoms with E-state index in [1.165, 1.54) is 154 Å².